The number of nitrogens with two attached hydrogens (primary N) is 1. The first-order chi connectivity index (χ1) is 8.22. The van der Waals surface area contributed by atoms with Crippen molar-refractivity contribution in [3.63, 3.8) is 0 Å². The Labute approximate surface area is 104 Å². The highest BCUT2D eigenvalue weighted by Gasteiger charge is 2.10. The fourth-order valence-electron chi connectivity index (χ4n) is 1.63. The highest BCUT2D eigenvalue weighted by molar-refractivity contribution is 6.32. The molecule has 0 atom stereocenters. The number of benzene rings is 1. The number of rotatable bonds is 4. The van der Waals surface area contributed by atoms with Crippen LogP contribution in [0.5, 0.6) is 0 Å². The standard InChI is InChI=1S/C12H13ClFN3/c13-10-4-1-5-11(14)12(10)17-8-9(7-16-17)3-2-6-15/h1,4-5,7-8H,2-3,6,15H2. The second kappa shape index (κ2) is 5.29. The highest BCUT2D eigenvalue weighted by Crippen LogP contribution is 2.23. The quantitative estimate of drug-likeness (QED) is 0.910. The van der Waals surface area contributed by atoms with Crippen molar-refractivity contribution in [1.29, 1.82) is 0 Å². The third kappa shape index (κ3) is 2.65. The summed E-state index contributed by atoms with van der Waals surface area (Å²) in [6.07, 6.45) is 5.21. The third-order valence-corrected chi connectivity index (χ3v) is 2.78. The molecule has 0 aliphatic carbocycles. The van der Waals surface area contributed by atoms with Crippen LogP contribution >= 0.6 is 11.6 Å². The number of aryl methyl sites for hydroxylation is 1. The van der Waals surface area contributed by atoms with Crippen LogP contribution in [-0.2, 0) is 6.42 Å². The number of aromatic nitrogens is 2. The van der Waals surface area contributed by atoms with E-state index in [1.54, 1.807) is 24.5 Å². The lowest BCUT2D eigenvalue weighted by Gasteiger charge is -2.04. The minimum Gasteiger partial charge on any atom is -0.330 e. The topological polar surface area (TPSA) is 43.8 Å². The second-order valence-electron chi connectivity index (χ2n) is 3.76. The summed E-state index contributed by atoms with van der Waals surface area (Å²) >= 11 is 5.96. The van der Waals surface area contributed by atoms with Crippen molar-refractivity contribution in [3.05, 3.63) is 47.0 Å². The van der Waals surface area contributed by atoms with E-state index < -0.39 is 0 Å². The van der Waals surface area contributed by atoms with E-state index in [2.05, 4.69) is 5.10 Å². The molecule has 0 bridgehead atoms. The number of hydrogen-bond donors (Lipinski definition) is 1. The smallest absolute Gasteiger partial charge is 0.150 e. The Morgan fingerprint density at radius 2 is 2.24 bits per heavy atom. The number of halogens is 2. The van der Waals surface area contributed by atoms with Crippen molar-refractivity contribution < 1.29 is 4.39 Å². The molecular formula is C12H13ClFN3. The average Bonchev–Trinajstić information content (AvgIpc) is 2.75. The summed E-state index contributed by atoms with van der Waals surface area (Å²) in [5.74, 6) is -0.383. The fraction of sp³-hybridized carbons (Fsp3) is 0.250. The van der Waals surface area contributed by atoms with Crippen LogP contribution in [0.1, 0.15) is 12.0 Å². The molecular weight excluding hydrogens is 241 g/mol. The Bertz CT molecular complexity index is 490. The van der Waals surface area contributed by atoms with E-state index in [1.807, 2.05) is 0 Å². The summed E-state index contributed by atoms with van der Waals surface area (Å²) in [7, 11) is 0. The Hall–Kier alpha value is -1.39. The molecule has 2 N–H and O–H groups in total. The molecule has 2 aromatic rings. The van der Waals surface area contributed by atoms with Crippen LogP contribution in [-0.4, -0.2) is 16.3 Å². The molecule has 0 spiro atoms. The Morgan fingerprint density at radius 3 is 2.94 bits per heavy atom. The number of nitrogens with zero attached hydrogens (tertiary/aromatic N) is 2. The van der Waals surface area contributed by atoms with Gasteiger partial charge in [0.05, 0.1) is 11.2 Å². The van der Waals surface area contributed by atoms with E-state index in [0.717, 1.165) is 18.4 Å². The van der Waals surface area contributed by atoms with Gasteiger partial charge in [-0.3, -0.25) is 0 Å². The zero-order valence-corrected chi connectivity index (χ0v) is 9.99. The van der Waals surface area contributed by atoms with Gasteiger partial charge in [-0.2, -0.15) is 5.10 Å². The maximum absolute atomic E-state index is 13.6. The SMILES string of the molecule is NCCCc1cnn(-c2c(F)cccc2Cl)c1. The predicted octanol–water partition coefficient (Wildman–Crippen LogP) is 2.56. The van der Waals surface area contributed by atoms with Gasteiger partial charge < -0.3 is 5.73 Å². The van der Waals surface area contributed by atoms with Crippen LogP contribution < -0.4 is 5.73 Å². The lowest BCUT2D eigenvalue weighted by Crippen LogP contribution is -2.00. The van der Waals surface area contributed by atoms with Gasteiger partial charge in [0.15, 0.2) is 0 Å². The first-order valence-corrected chi connectivity index (χ1v) is 5.78. The van der Waals surface area contributed by atoms with E-state index in [1.165, 1.54) is 10.7 Å². The molecule has 0 saturated heterocycles. The number of para-hydroxylation sites is 1. The first kappa shape index (κ1) is 12.1. The molecule has 3 nitrogen and oxygen atoms in total. The van der Waals surface area contributed by atoms with Crippen LogP contribution in [0.15, 0.2) is 30.6 Å². The van der Waals surface area contributed by atoms with Gasteiger partial charge in [-0.05, 0) is 37.1 Å². The molecule has 1 aromatic carbocycles. The predicted molar refractivity (Wildman–Crippen MR) is 65.9 cm³/mol. The summed E-state index contributed by atoms with van der Waals surface area (Å²) in [6.45, 7) is 0.631. The van der Waals surface area contributed by atoms with E-state index in [4.69, 9.17) is 17.3 Å². The van der Waals surface area contributed by atoms with Gasteiger partial charge in [-0.25, -0.2) is 9.07 Å². The summed E-state index contributed by atoms with van der Waals surface area (Å²) in [5.41, 5.74) is 6.74. The Kier molecular flexibility index (Phi) is 3.76. The van der Waals surface area contributed by atoms with Gasteiger partial charge >= 0.3 is 0 Å². The maximum atomic E-state index is 13.6. The first-order valence-electron chi connectivity index (χ1n) is 5.40. The molecule has 90 valence electrons. The van der Waals surface area contributed by atoms with Crippen molar-refractivity contribution in [2.75, 3.05) is 6.54 Å². The summed E-state index contributed by atoms with van der Waals surface area (Å²) < 4.78 is 15.1. The largest absolute Gasteiger partial charge is 0.330 e. The lowest BCUT2D eigenvalue weighted by molar-refractivity contribution is 0.611. The van der Waals surface area contributed by atoms with Crippen LogP contribution in [0, 0.1) is 5.82 Å². The van der Waals surface area contributed by atoms with Crippen molar-refractivity contribution >= 4 is 11.6 Å². The molecule has 0 amide bonds. The summed E-state index contributed by atoms with van der Waals surface area (Å²) in [5, 5.41) is 4.46. The van der Waals surface area contributed by atoms with Crippen LogP contribution in [0.25, 0.3) is 5.69 Å². The molecule has 1 heterocycles. The third-order valence-electron chi connectivity index (χ3n) is 2.47. The van der Waals surface area contributed by atoms with Crippen molar-refractivity contribution in [1.82, 2.24) is 9.78 Å². The monoisotopic (exact) mass is 253 g/mol. The molecule has 0 saturated carbocycles. The van der Waals surface area contributed by atoms with Gasteiger partial charge in [-0.15, -0.1) is 0 Å². The van der Waals surface area contributed by atoms with Crippen molar-refractivity contribution in [3.8, 4) is 5.69 Å². The molecule has 2 rings (SSSR count). The van der Waals surface area contributed by atoms with Crippen LogP contribution in [0.3, 0.4) is 0 Å². The van der Waals surface area contributed by atoms with Gasteiger partial charge in [0.2, 0.25) is 0 Å². The van der Waals surface area contributed by atoms with Gasteiger partial charge in [0.1, 0.15) is 11.5 Å². The van der Waals surface area contributed by atoms with Crippen LogP contribution in [0.4, 0.5) is 4.39 Å². The van der Waals surface area contributed by atoms with E-state index in [9.17, 15) is 4.39 Å². The zero-order chi connectivity index (χ0) is 12.3. The van der Waals surface area contributed by atoms with Gasteiger partial charge in [-0.1, -0.05) is 17.7 Å². The molecule has 0 unspecified atom stereocenters. The normalized spacial score (nSPS) is 10.8. The van der Waals surface area contributed by atoms with E-state index in [-0.39, 0.29) is 11.5 Å². The van der Waals surface area contributed by atoms with Gasteiger partial charge in [0, 0.05) is 6.20 Å². The summed E-state index contributed by atoms with van der Waals surface area (Å²) in [6, 6.07) is 4.57. The lowest BCUT2D eigenvalue weighted by atomic mass is 10.2. The minimum absolute atomic E-state index is 0.285. The van der Waals surface area contributed by atoms with E-state index in [0.29, 0.717) is 11.6 Å². The molecule has 0 radical (unpaired) electrons. The maximum Gasteiger partial charge on any atom is 0.150 e. The molecule has 5 heteroatoms. The zero-order valence-electron chi connectivity index (χ0n) is 9.24. The summed E-state index contributed by atoms with van der Waals surface area (Å²) in [4.78, 5) is 0. The Balaban J connectivity index is 2.30. The average molecular weight is 254 g/mol. The molecule has 17 heavy (non-hydrogen) atoms. The highest BCUT2D eigenvalue weighted by atomic mass is 35.5. The molecule has 1 aromatic heterocycles. The van der Waals surface area contributed by atoms with Crippen LogP contribution in [0.2, 0.25) is 5.02 Å². The second-order valence-corrected chi connectivity index (χ2v) is 4.16. The Morgan fingerprint density at radius 1 is 1.41 bits per heavy atom. The van der Waals surface area contributed by atoms with Crippen molar-refractivity contribution in [2.45, 2.75) is 12.8 Å². The molecule has 0 fully saturated rings. The number of hydrogen-bond acceptors (Lipinski definition) is 2. The van der Waals surface area contributed by atoms with Gasteiger partial charge in [0.25, 0.3) is 0 Å². The van der Waals surface area contributed by atoms with Crippen molar-refractivity contribution in [2.24, 2.45) is 5.73 Å². The molecule has 0 aliphatic rings. The minimum atomic E-state index is -0.383. The fourth-order valence-corrected chi connectivity index (χ4v) is 1.88. The van der Waals surface area contributed by atoms with E-state index >= 15 is 0 Å². The molecule has 0 aliphatic heterocycles.